The summed E-state index contributed by atoms with van der Waals surface area (Å²) < 4.78 is 0. The lowest BCUT2D eigenvalue weighted by molar-refractivity contribution is -0.143. The van der Waals surface area contributed by atoms with Crippen LogP contribution >= 0.6 is 0 Å². The molecule has 0 radical (unpaired) electrons. The number of hydrogen-bond donors (Lipinski definition) is 1. The molecule has 1 unspecified atom stereocenters. The third-order valence-electron chi connectivity index (χ3n) is 4.00. The molecule has 0 aromatic rings. The average Bonchev–Trinajstić information content (AvgIpc) is 2.87. The zero-order valence-electron chi connectivity index (χ0n) is 10.5. The smallest absolute Gasteiger partial charge is 0.320 e. The maximum Gasteiger partial charge on any atom is 0.320 e. The number of rotatable bonds is 3. The molecule has 2 heterocycles. The van der Waals surface area contributed by atoms with Gasteiger partial charge in [-0.1, -0.05) is 6.58 Å². The van der Waals surface area contributed by atoms with E-state index in [2.05, 4.69) is 11.5 Å². The summed E-state index contributed by atoms with van der Waals surface area (Å²) in [4.78, 5) is 26.5. The first-order valence-corrected chi connectivity index (χ1v) is 6.53. The number of carbonyl (C=O) groups excluding carboxylic acids is 1. The molecule has 5 heteroatoms. The number of likely N-dealkylation sites (tertiary alicyclic amines) is 2. The number of carboxylic acid groups (broad SMARTS) is 1. The van der Waals surface area contributed by atoms with Crippen LogP contribution in [0.15, 0.2) is 12.7 Å². The van der Waals surface area contributed by atoms with E-state index in [1.54, 1.807) is 4.90 Å². The van der Waals surface area contributed by atoms with Crippen LogP contribution in [0.1, 0.15) is 25.7 Å². The van der Waals surface area contributed by atoms with E-state index < -0.39 is 5.97 Å². The number of piperidine rings is 1. The van der Waals surface area contributed by atoms with Gasteiger partial charge in [-0.05, 0) is 38.3 Å². The molecule has 0 spiro atoms. The van der Waals surface area contributed by atoms with Crippen molar-refractivity contribution in [2.24, 2.45) is 0 Å². The van der Waals surface area contributed by atoms with Crippen molar-refractivity contribution in [2.75, 3.05) is 19.6 Å². The van der Waals surface area contributed by atoms with Crippen LogP contribution in [0.4, 0.5) is 0 Å². The van der Waals surface area contributed by atoms with E-state index in [0.29, 0.717) is 19.1 Å². The summed E-state index contributed by atoms with van der Waals surface area (Å²) in [5, 5.41) is 9.17. The molecule has 2 rings (SSSR count). The van der Waals surface area contributed by atoms with Crippen molar-refractivity contribution < 1.29 is 14.7 Å². The van der Waals surface area contributed by atoms with E-state index >= 15 is 0 Å². The van der Waals surface area contributed by atoms with Crippen LogP contribution in [0.2, 0.25) is 0 Å². The van der Waals surface area contributed by atoms with Crippen molar-refractivity contribution in [2.45, 2.75) is 37.8 Å². The molecular formula is C13H20N2O3. The summed E-state index contributed by atoms with van der Waals surface area (Å²) in [5.74, 6) is -0.734. The van der Waals surface area contributed by atoms with Gasteiger partial charge in [0, 0.05) is 19.1 Å². The maximum atomic E-state index is 11.5. The van der Waals surface area contributed by atoms with Crippen LogP contribution < -0.4 is 0 Å². The predicted molar refractivity (Wildman–Crippen MR) is 67.2 cm³/mol. The molecule has 1 amide bonds. The Labute approximate surface area is 107 Å². The van der Waals surface area contributed by atoms with Crippen LogP contribution in [0, 0.1) is 0 Å². The second-order valence-electron chi connectivity index (χ2n) is 4.99. The molecule has 5 nitrogen and oxygen atoms in total. The first kappa shape index (κ1) is 13.1. The van der Waals surface area contributed by atoms with Gasteiger partial charge in [-0.25, -0.2) is 0 Å². The van der Waals surface area contributed by atoms with Gasteiger partial charge in [0.1, 0.15) is 6.04 Å². The highest BCUT2D eigenvalue weighted by Crippen LogP contribution is 2.26. The van der Waals surface area contributed by atoms with Gasteiger partial charge in [-0.2, -0.15) is 0 Å². The minimum Gasteiger partial charge on any atom is -0.480 e. The lowest BCUT2D eigenvalue weighted by Crippen LogP contribution is -2.49. The van der Waals surface area contributed by atoms with E-state index in [1.165, 1.54) is 6.08 Å². The standard InChI is InChI=1S/C13H20N2O3/c1-2-12(16)14-8-5-10(6-9-14)15-7-3-4-11(15)13(17)18/h2,10-11H,1,3-9H2,(H,17,18). The number of amides is 1. The zero-order chi connectivity index (χ0) is 13.1. The molecule has 0 aromatic heterocycles. The molecule has 2 fully saturated rings. The molecule has 0 aliphatic carbocycles. The summed E-state index contributed by atoms with van der Waals surface area (Å²) in [5.41, 5.74) is 0. The third-order valence-corrected chi connectivity index (χ3v) is 4.00. The van der Waals surface area contributed by atoms with Crippen molar-refractivity contribution in [1.82, 2.24) is 9.80 Å². The van der Waals surface area contributed by atoms with Crippen LogP contribution in [0.25, 0.3) is 0 Å². The van der Waals surface area contributed by atoms with Gasteiger partial charge in [0.25, 0.3) is 0 Å². The highest BCUT2D eigenvalue weighted by atomic mass is 16.4. The SMILES string of the molecule is C=CC(=O)N1CCC(N2CCCC2C(=O)O)CC1. The van der Waals surface area contributed by atoms with Crippen LogP contribution in [-0.2, 0) is 9.59 Å². The van der Waals surface area contributed by atoms with E-state index in [-0.39, 0.29) is 11.9 Å². The van der Waals surface area contributed by atoms with Gasteiger partial charge in [0.15, 0.2) is 0 Å². The van der Waals surface area contributed by atoms with Crippen molar-refractivity contribution in [3.8, 4) is 0 Å². The van der Waals surface area contributed by atoms with Crippen LogP contribution in [0.3, 0.4) is 0 Å². The highest BCUT2D eigenvalue weighted by molar-refractivity contribution is 5.87. The van der Waals surface area contributed by atoms with Gasteiger partial charge in [-0.3, -0.25) is 14.5 Å². The molecule has 0 aromatic carbocycles. The summed E-state index contributed by atoms with van der Waals surface area (Å²) in [6.45, 7) is 5.77. The molecule has 100 valence electrons. The molecule has 2 aliphatic rings. The summed E-state index contributed by atoms with van der Waals surface area (Å²) in [7, 11) is 0. The first-order valence-electron chi connectivity index (χ1n) is 6.53. The fourth-order valence-corrected chi connectivity index (χ4v) is 3.04. The van der Waals surface area contributed by atoms with E-state index in [0.717, 1.165) is 32.2 Å². The van der Waals surface area contributed by atoms with E-state index in [4.69, 9.17) is 0 Å². The van der Waals surface area contributed by atoms with Gasteiger partial charge in [0.05, 0.1) is 0 Å². The van der Waals surface area contributed by atoms with Gasteiger partial charge >= 0.3 is 5.97 Å². The Morgan fingerprint density at radius 1 is 1.17 bits per heavy atom. The lowest BCUT2D eigenvalue weighted by atomic mass is 10.0. The lowest BCUT2D eigenvalue weighted by Gasteiger charge is -2.38. The van der Waals surface area contributed by atoms with Crippen molar-refractivity contribution in [1.29, 1.82) is 0 Å². The maximum absolute atomic E-state index is 11.5. The van der Waals surface area contributed by atoms with E-state index in [1.807, 2.05) is 0 Å². The monoisotopic (exact) mass is 252 g/mol. The quantitative estimate of drug-likeness (QED) is 0.752. The number of carbonyl (C=O) groups is 2. The summed E-state index contributed by atoms with van der Waals surface area (Å²) >= 11 is 0. The average molecular weight is 252 g/mol. The summed E-state index contributed by atoms with van der Waals surface area (Å²) in [6.07, 6.45) is 4.78. The molecule has 2 aliphatic heterocycles. The Morgan fingerprint density at radius 2 is 1.83 bits per heavy atom. The molecular weight excluding hydrogens is 232 g/mol. The second-order valence-corrected chi connectivity index (χ2v) is 4.99. The Balaban J connectivity index is 1.91. The topological polar surface area (TPSA) is 60.9 Å². The first-order chi connectivity index (χ1) is 8.63. The normalized spacial score (nSPS) is 26.2. The van der Waals surface area contributed by atoms with Crippen molar-refractivity contribution in [3.05, 3.63) is 12.7 Å². The van der Waals surface area contributed by atoms with Crippen LogP contribution in [-0.4, -0.2) is 58.5 Å². The number of nitrogens with zero attached hydrogens (tertiary/aromatic N) is 2. The zero-order valence-corrected chi connectivity index (χ0v) is 10.5. The number of hydrogen-bond acceptors (Lipinski definition) is 3. The molecule has 1 atom stereocenters. The van der Waals surface area contributed by atoms with Crippen LogP contribution in [0.5, 0.6) is 0 Å². The van der Waals surface area contributed by atoms with E-state index in [9.17, 15) is 14.7 Å². The molecule has 2 saturated heterocycles. The Hall–Kier alpha value is -1.36. The molecule has 0 saturated carbocycles. The largest absolute Gasteiger partial charge is 0.480 e. The highest BCUT2D eigenvalue weighted by Gasteiger charge is 2.36. The Bertz CT molecular complexity index is 348. The third kappa shape index (κ3) is 2.56. The minimum atomic E-state index is -0.711. The second kappa shape index (κ2) is 5.52. The van der Waals surface area contributed by atoms with Gasteiger partial charge in [0.2, 0.25) is 5.91 Å². The fourth-order valence-electron chi connectivity index (χ4n) is 3.04. The Morgan fingerprint density at radius 3 is 2.39 bits per heavy atom. The number of aliphatic carboxylic acids is 1. The van der Waals surface area contributed by atoms with Crippen molar-refractivity contribution in [3.63, 3.8) is 0 Å². The summed E-state index contributed by atoms with van der Waals surface area (Å²) in [6, 6.07) is -0.0147. The predicted octanol–water partition coefficient (Wildman–Crippen LogP) is 0.712. The molecule has 18 heavy (non-hydrogen) atoms. The molecule has 0 bridgehead atoms. The fraction of sp³-hybridized carbons (Fsp3) is 0.692. The van der Waals surface area contributed by atoms with Crippen molar-refractivity contribution >= 4 is 11.9 Å². The Kier molecular flexibility index (Phi) is 4.01. The molecule has 1 N–H and O–H groups in total. The number of carboxylic acids is 1. The minimum absolute atomic E-state index is 0.0235. The van der Waals surface area contributed by atoms with Gasteiger partial charge in [-0.15, -0.1) is 0 Å². The van der Waals surface area contributed by atoms with Gasteiger partial charge < -0.3 is 10.0 Å².